The fourth-order valence-corrected chi connectivity index (χ4v) is 2.77. The molecule has 28 heavy (non-hydrogen) atoms. The predicted octanol–water partition coefficient (Wildman–Crippen LogP) is 3.63. The first-order chi connectivity index (χ1) is 13.4. The van der Waals surface area contributed by atoms with Gasteiger partial charge >= 0.3 is 5.97 Å². The number of carbonyl (C=O) groups is 3. The van der Waals surface area contributed by atoms with Crippen LogP contribution in [0.4, 0.5) is 0 Å². The van der Waals surface area contributed by atoms with Crippen molar-refractivity contribution in [2.75, 3.05) is 6.61 Å². The van der Waals surface area contributed by atoms with Crippen molar-refractivity contribution in [3.63, 3.8) is 0 Å². The van der Waals surface area contributed by atoms with E-state index < -0.39 is 17.9 Å². The Morgan fingerprint density at radius 1 is 1.07 bits per heavy atom. The van der Waals surface area contributed by atoms with Gasteiger partial charge in [-0.3, -0.25) is 14.4 Å². The van der Waals surface area contributed by atoms with E-state index >= 15 is 0 Å². The number of benzene rings is 2. The van der Waals surface area contributed by atoms with E-state index in [1.807, 2.05) is 18.2 Å². The molecule has 6 heteroatoms. The van der Waals surface area contributed by atoms with Crippen LogP contribution < -0.4 is 10.1 Å². The topological polar surface area (TPSA) is 92.7 Å². The van der Waals surface area contributed by atoms with Crippen LogP contribution in [-0.4, -0.2) is 29.4 Å². The lowest BCUT2D eigenvalue weighted by molar-refractivity contribution is -0.142. The highest BCUT2D eigenvalue weighted by molar-refractivity contribution is 5.94. The second-order valence-electron chi connectivity index (χ2n) is 6.62. The molecule has 0 aliphatic rings. The smallest absolute Gasteiger partial charge is 0.308 e. The molecule has 2 aromatic carbocycles. The van der Waals surface area contributed by atoms with Gasteiger partial charge in [0.15, 0.2) is 5.78 Å². The van der Waals surface area contributed by atoms with E-state index in [-0.39, 0.29) is 18.1 Å². The molecule has 6 nitrogen and oxygen atoms in total. The van der Waals surface area contributed by atoms with Gasteiger partial charge < -0.3 is 15.2 Å². The lowest BCUT2D eigenvalue weighted by Crippen LogP contribution is -2.35. The van der Waals surface area contributed by atoms with Gasteiger partial charge in [0, 0.05) is 12.0 Å². The molecule has 2 rings (SSSR count). The van der Waals surface area contributed by atoms with Crippen molar-refractivity contribution in [2.24, 2.45) is 5.92 Å². The highest BCUT2D eigenvalue weighted by atomic mass is 16.5. The Labute approximate surface area is 164 Å². The molecule has 0 saturated carbocycles. The van der Waals surface area contributed by atoms with E-state index in [1.54, 1.807) is 43.3 Å². The Hall–Kier alpha value is -3.15. The number of carbonyl (C=O) groups excluding carboxylic acids is 2. The summed E-state index contributed by atoms with van der Waals surface area (Å²) in [5.41, 5.74) is 1.33. The van der Waals surface area contributed by atoms with Crippen molar-refractivity contribution in [3.05, 3.63) is 65.7 Å². The van der Waals surface area contributed by atoms with Gasteiger partial charge in [0.05, 0.1) is 18.6 Å². The molecule has 1 amide bonds. The zero-order valence-corrected chi connectivity index (χ0v) is 16.1. The fraction of sp³-hybridized carbons (Fsp3) is 0.318. The fourth-order valence-electron chi connectivity index (χ4n) is 2.77. The van der Waals surface area contributed by atoms with E-state index in [9.17, 15) is 19.5 Å². The normalized spacial score (nSPS) is 12.6. The Bertz CT molecular complexity index is 819. The largest absolute Gasteiger partial charge is 0.494 e. The van der Waals surface area contributed by atoms with Crippen LogP contribution in [0.2, 0.25) is 0 Å². The minimum absolute atomic E-state index is 0.0377. The minimum atomic E-state index is -0.970. The molecule has 2 aromatic rings. The Kier molecular flexibility index (Phi) is 7.75. The average molecular weight is 383 g/mol. The van der Waals surface area contributed by atoms with Crippen LogP contribution in [0.3, 0.4) is 0 Å². The molecular formula is C22H25NO5. The lowest BCUT2D eigenvalue weighted by atomic mass is 9.94. The Morgan fingerprint density at radius 2 is 1.79 bits per heavy atom. The molecule has 2 N–H and O–H groups in total. The highest BCUT2D eigenvalue weighted by Gasteiger charge is 2.26. The number of rotatable bonds is 10. The maximum absolute atomic E-state index is 12.3. The molecule has 2 unspecified atom stereocenters. The number of carboxylic acid groups (broad SMARTS) is 1. The zero-order chi connectivity index (χ0) is 20.5. The molecule has 0 bridgehead atoms. The number of carboxylic acids is 1. The third-order valence-electron chi connectivity index (χ3n) is 4.42. The van der Waals surface area contributed by atoms with E-state index in [0.29, 0.717) is 24.3 Å². The van der Waals surface area contributed by atoms with Gasteiger partial charge in [-0.25, -0.2) is 0 Å². The molecule has 148 valence electrons. The molecule has 0 fully saturated rings. The van der Waals surface area contributed by atoms with Crippen molar-refractivity contribution in [1.82, 2.24) is 5.32 Å². The van der Waals surface area contributed by atoms with Crippen molar-refractivity contribution < 1.29 is 24.2 Å². The molecule has 0 aliphatic heterocycles. The molecule has 2 atom stereocenters. The average Bonchev–Trinajstić information content (AvgIpc) is 2.69. The third kappa shape index (κ3) is 6.23. The second kappa shape index (κ2) is 10.3. The number of nitrogens with one attached hydrogen (secondary N) is 1. The number of hydrogen-bond acceptors (Lipinski definition) is 4. The van der Waals surface area contributed by atoms with Gasteiger partial charge in [-0.15, -0.1) is 0 Å². The van der Waals surface area contributed by atoms with E-state index in [4.69, 9.17) is 4.74 Å². The highest BCUT2D eigenvalue weighted by Crippen LogP contribution is 2.22. The molecule has 0 aromatic heterocycles. The van der Waals surface area contributed by atoms with Crippen LogP contribution >= 0.6 is 0 Å². The van der Waals surface area contributed by atoms with Crippen LogP contribution in [0.5, 0.6) is 5.75 Å². The van der Waals surface area contributed by atoms with Crippen molar-refractivity contribution >= 4 is 17.7 Å². The summed E-state index contributed by atoms with van der Waals surface area (Å²) in [4.78, 5) is 35.1. The summed E-state index contributed by atoms with van der Waals surface area (Å²) >= 11 is 0. The van der Waals surface area contributed by atoms with Crippen molar-refractivity contribution in [3.8, 4) is 5.75 Å². The number of ketones is 1. The lowest BCUT2D eigenvalue weighted by Gasteiger charge is -2.23. The van der Waals surface area contributed by atoms with Gasteiger partial charge in [0.2, 0.25) is 5.91 Å². The second-order valence-corrected chi connectivity index (χ2v) is 6.62. The maximum Gasteiger partial charge on any atom is 0.308 e. The van der Waals surface area contributed by atoms with Gasteiger partial charge in [-0.2, -0.15) is 0 Å². The molecule has 0 heterocycles. The summed E-state index contributed by atoms with van der Waals surface area (Å²) in [6.45, 7) is 3.38. The number of aliphatic carboxylic acids is 1. The first-order valence-corrected chi connectivity index (χ1v) is 9.19. The number of Topliss-reactive ketones (excluding diaryl/α,β-unsaturated/α-hetero) is 1. The van der Waals surface area contributed by atoms with Gasteiger partial charge in [0.1, 0.15) is 5.75 Å². The summed E-state index contributed by atoms with van der Waals surface area (Å²) in [6, 6.07) is 15.4. The predicted molar refractivity (Wildman–Crippen MR) is 105 cm³/mol. The zero-order valence-electron chi connectivity index (χ0n) is 16.1. The molecule has 0 saturated heterocycles. The van der Waals surface area contributed by atoms with Crippen molar-refractivity contribution in [1.29, 1.82) is 0 Å². The van der Waals surface area contributed by atoms with E-state index in [2.05, 4.69) is 5.32 Å². The van der Waals surface area contributed by atoms with Crippen LogP contribution in [0.25, 0.3) is 0 Å². The van der Waals surface area contributed by atoms with Gasteiger partial charge in [0.25, 0.3) is 0 Å². The van der Waals surface area contributed by atoms with Crippen LogP contribution in [0.15, 0.2) is 54.6 Å². The summed E-state index contributed by atoms with van der Waals surface area (Å²) in [5.74, 6) is -1.41. The summed E-state index contributed by atoms with van der Waals surface area (Å²) in [6.07, 6.45) is 0.682. The minimum Gasteiger partial charge on any atom is -0.494 e. The first kappa shape index (κ1) is 21.2. The Morgan fingerprint density at radius 3 is 2.43 bits per heavy atom. The Balaban J connectivity index is 1.87. The standard InChI is InChI=1S/C22H25NO5/c1-15(22(26)27)21(17-8-4-3-5-9-17)23-20(25)12-7-13-28-19-11-6-10-18(14-19)16(2)24/h3-6,8-11,14-15,21H,7,12-13H2,1-2H3,(H,23,25)(H,26,27). The summed E-state index contributed by atoms with van der Waals surface area (Å²) < 4.78 is 5.60. The van der Waals surface area contributed by atoms with Gasteiger partial charge in [-0.05, 0) is 38.0 Å². The number of amides is 1. The molecule has 0 spiro atoms. The van der Waals surface area contributed by atoms with Crippen LogP contribution in [0.1, 0.15) is 48.7 Å². The first-order valence-electron chi connectivity index (χ1n) is 9.19. The van der Waals surface area contributed by atoms with Crippen LogP contribution in [0, 0.1) is 5.92 Å². The number of ether oxygens (including phenoxy) is 1. The van der Waals surface area contributed by atoms with E-state index in [1.165, 1.54) is 6.92 Å². The van der Waals surface area contributed by atoms with Gasteiger partial charge in [-0.1, -0.05) is 42.5 Å². The maximum atomic E-state index is 12.3. The number of hydrogen-bond donors (Lipinski definition) is 2. The quantitative estimate of drug-likeness (QED) is 0.483. The van der Waals surface area contributed by atoms with E-state index in [0.717, 1.165) is 5.56 Å². The van der Waals surface area contributed by atoms with Crippen LogP contribution in [-0.2, 0) is 9.59 Å². The summed E-state index contributed by atoms with van der Waals surface area (Å²) in [5, 5.41) is 12.2. The van der Waals surface area contributed by atoms with Crippen molar-refractivity contribution in [2.45, 2.75) is 32.7 Å². The molecule has 0 radical (unpaired) electrons. The summed E-state index contributed by atoms with van der Waals surface area (Å²) in [7, 11) is 0. The monoisotopic (exact) mass is 383 g/mol. The third-order valence-corrected chi connectivity index (χ3v) is 4.42. The SMILES string of the molecule is CC(=O)c1cccc(OCCCC(=O)NC(c2ccccc2)C(C)C(=O)O)c1. The molecular weight excluding hydrogens is 358 g/mol. The molecule has 0 aliphatic carbocycles.